The van der Waals surface area contributed by atoms with E-state index in [-0.39, 0.29) is 12.6 Å². The van der Waals surface area contributed by atoms with Gasteiger partial charge in [0.25, 0.3) is 0 Å². The second kappa shape index (κ2) is 5.97. The van der Waals surface area contributed by atoms with Gasteiger partial charge < -0.3 is 14.0 Å². The number of aryl methyl sites for hydroxylation is 1. The number of nitrogens with zero attached hydrogens (tertiary/aromatic N) is 4. The normalized spacial score (nSPS) is 21.0. The van der Waals surface area contributed by atoms with Crippen LogP contribution in [0.4, 0.5) is 0 Å². The number of aromatic nitrogens is 2. The minimum Gasteiger partial charge on any atom is -0.462 e. The molecule has 0 unspecified atom stereocenters. The third-order valence-corrected chi connectivity index (χ3v) is 3.81. The molecule has 0 amide bonds. The molecule has 1 aliphatic rings. The molecule has 0 saturated carbocycles. The van der Waals surface area contributed by atoms with E-state index < -0.39 is 0 Å². The van der Waals surface area contributed by atoms with Crippen molar-refractivity contribution < 1.29 is 14.0 Å². The smallest absolute Gasteiger partial charge is 0.245 e. The first-order valence-corrected chi connectivity index (χ1v) is 7.07. The summed E-state index contributed by atoms with van der Waals surface area (Å²) < 4.78 is 10.9. The molecule has 7 heteroatoms. The van der Waals surface area contributed by atoms with Gasteiger partial charge in [-0.25, -0.2) is 0 Å². The molecule has 1 fully saturated rings. The molecule has 0 aromatic carbocycles. The maximum atomic E-state index is 9.04. The van der Waals surface area contributed by atoms with E-state index in [1.807, 2.05) is 19.1 Å². The fraction of sp³-hybridized carbons (Fsp3) is 0.571. The standard InChI is InChI=1S/C14H20N4O3/c1-10-15-14(21-16-10)13-8-18(6-5-17(13)2)7-11-3-4-12(9-19)20-11/h3-4,13,19H,5-9H2,1-2H3/t13-/m0/s1. The summed E-state index contributed by atoms with van der Waals surface area (Å²) in [4.78, 5) is 8.86. The molecule has 114 valence electrons. The Hall–Kier alpha value is -1.70. The zero-order valence-corrected chi connectivity index (χ0v) is 12.3. The Bertz CT molecular complexity index is 595. The van der Waals surface area contributed by atoms with E-state index >= 15 is 0 Å². The fourth-order valence-corrected chi connectivity index (χ4v) is 2.60. The van der Waals surface area contributed by atoms with E-state index in [1.165, 1.54) is 0 Å². The summed E-state index contributed by atoms with van der Waals surface area (Å²) in [6.07, 6.45) is 0. The molecule has 1 N–H and O–H groups in total. The number of furan rings is 1. The largest absolute Gasteiger partial charge is 0.462 e. The number of piperazine rings is 1. The van der Waals surface area contributed by atoms with Crippen molar-refractivity contribution in [2.45, 2.75) is 26.1 Å². The van der Waals surface area contributed by atoms with E-state index in [0.29, 0.717) is 17.5 Å². The quantitative estimate of drug-likeness (QED) is 0.898. The van der Waals surface area contributed by atoms with Crippen LogP contribution in [0.5, 0.6) is 0 Å². The molecule has 0 spiro atoms. The van der Waals surface area contributed by atoms with Gasteiger partial charge in [-0.3, -0.25) is 9.80 Å². The third kappa shape index (κ3) is 3.15. The average molecular weight is 292 g/mol. The zero-order valence-electron chi connectivity index (χ0n) is 12.3. The summed E-state index contributed by atoms with van der Waals surface area (Å²) in [6, 6.07) is 3.83. The minimum absolute atomic E-state index is 0.0629. The SMILES string of the molecule is Cc1noc([C@@H]2CN(Cc3ccc(CO)o3)CCN2C)n1. The lowest BCUT2D eigenvalue weighted by atomic mass is 10.1. The molecule has 0 bridgehead atoms. The lowest BCUT2D eigenvalue weighted by molar-refractivity contribution is 0.0668. The molecular formula is C14H20N4O3. The predicted octanol–water partition coefficient (Wildman–Crippen LogP) is 0.952. The van der Waals surface area contributed by atoms with E-state index in [4.69, 9.17) is 14.0 Å². The van der Waals surface area contributed by atoms with Gasteiger partial charge in [0.15, 0.2) is 5.82 Å². The maximum absolute atomic E-state index is 9.04. The molecule has 7 nitrogen and oxygen atoms in total. The molecular weight excluding hydrogens is 272 g/mol. The van der Waals surface area contributed by atoms with Gasteiger partial charge in [0.2, 0.25) is 5.89 Å². The molecule has 1 aliphatic heterocycles. The van der Waals surface area contributed by atoms with E-state index in [0.717, 1.165) is 31.9 Å². The Morgan fingerprint density at radius 3 is 2.81 bits per heavy atom. The Morgan fingerprint density at radius 1 is 1.33 bits per heavy atom. The molecule has 2 aromatic heterocycles. The number of aliphatic hydroxyl groups excluding tert-OH is 1. The molecule has 3 heterocycles. The number of aliphatic hydroxyl groups is 1. The summed E-state index contributed by atoms with van der Waals surface area (Å²) >= 11 is 0. The number of likely N-dealkylation sites (N-methyl/N-ethyl adjacent to an activating group) is 1. The number of hydrogen-bond acceptors (Lipinski definition) is 7. The first-order chi connectivity index (χ1) is 10.2. The van der Waals surface area contributed by atoms with Crippen LogP contribution in [0.25, 0.3) is 0 Å². The van der Waals surface area contributed by atoms with Gasteiger partial charge in [0.1, 0.15) is 24.2 Å². The molecule has 0 aliphatic carbocycles. The van der Waals surface area contributed by atoms with Crippen LogP contribution < -0.4 is 0 Å². The predicted molar refractivity (Wildman–Crippen MR) is 74.3 cm³/mol. The second-order valence-corrected chi connectivity index (χ2v) is 5.44. The van der Waals surface area contributed by atoms with Crippen molar-refractivity contribution in [3.8, 4) is 0 Å². The van der Waals surface area contributed by atoms with Gasteiger partial charge in [-0.05, 0) is 26.1 Å². The van der Waals surface area contributed by atoms with Gasteiger partial charge in [-0.1, -0.05) is 5.16 Å². The maximum Gasteiger partial charge on any atom is 0.245 e. The molecule has 21 heavy (non-hydrogen) atoms. The van der Waals surface area contributed by atoms with Crippen molar-refractivity contribution >= 4 is 0 Å². The number of rotatable bonds is 4. The third-order valence-electron chi connectivity index (χ3n) is 3.81. The Kier molecular flexibility index (Phi) is 4.05. The van der Waals surface area contributed by atoms with Crippen LogP contribution in [0.15, 0.2) is 21.1 Å². The summed E-state index contributed by atoms with van der Waals surface area (Å²) in [5.74, 6) is 2.79. The van der Waals surface area contributed by atoms with Crippen molar-refractivity contribution in [1.82, 2.24) is 19.9 Å². The van der Waals surface area contributed by atoms with Gasteiger partial charge in [-0.15, -0.1) is 0 Å². The van der Waals surface area contributed by atoms with Crippen LogP contribution in [0.1, 0.15) is 29.3 Å². The second-order valence-electron chi connectivity index (χ2n) is 5.44. The summed E-state index contributed by atoms with van der Waals surface area (Å²) in [5.41, 5.74) is 0. The monoisotopic (exact) mass is 292 g/mol. The van der Waals surface area contributed by atoms with Crippen LogP contribution in [0.2, 0.25) is 0 Å². The first-order valence-electron chi connectivity index (χ1n) is 7.07. The van der Waals surface area contributed by atoms with E-state index in [1.54, 1.807) is 0 Å². The summed E-state index contributed by atoms with van der Waals surface area (Å²) in [6.45, 7) is 5.18. The van der Waals surface area contributed by atoms with Crippen LogP contribution in [-0.2, 0) is 13.2 Å². The van der Waals surface area contributed by atoms with Crippen LogP contribution in [-0.4, -0.2) is 51.7 Å². The average Bonchev–Trinajstić information content (AvgIpc) is 3.10. The molecule has 1 saturated heterocycles. The number of hydrogen-bond donors (Lipinski definition) is 1. The highest BCUT2D eigenvalue weighted by atomic mass is 16.5. The van der Waals surface area contributed by atoms with Crippen LogP contribution in [0.3, 0.4) is 0 Å². The van der Waals surface area contributed by atoms with Gasteiger partial charge >= 0.3 is 0 Å². The Labute approximate surface area is 123 Å². The topological polar surface area (TPSA) is 78.8 Å². The summed E-state index contributed by atoms with van der Waals surface area (Å²) in [7, 11) is 2.07. The lowest BCUT2D eigenvalue weighted by Gasteiger charge is -2.37. The van der Waals surface area contributed by atoms with Crippen molar-refractivity contribution in [3.63, 3.8) is 0 Å². The fourth-order valence-electron chi connectivity index (χ4n) is 2.60. The molecule has 0 radical (unpaired) electrons. The van der Waals surface area contributed by atoms with Crippen LogP contribution in [0, 0.1) is 6.92 Å². The van der Waals surface area contributed by atoms with Crippen molar-refractivity contribution in [1.29, 1.82) is 0 Å². The first kappa shape index (κ1) is 14.2. The lowest BCUT2D eigenvalue weighted by Crippen LogP contribution is -2.46. The highest BCUT2D eigenvalue weighted by Gasteiger charge is 2.30. The molecule has 3 rings (SSSR count). The van der Waals surface area contributed by atoms with Gasteiger partial charge in [-0.2, -0.15) is 4.98 Å². The van der Waals surface area contributed by atoms with Crippen molar-refractivity contribution in [2.75, 3.05) is 26.7 Å². The highest BCUT2D eigenvalue weighted by molar-refractivity contribution is 5.07. The van der Waals surface area contributed by atoms with Crippen LogP contribution >= 0.6 is 0 Å². The van der Waals surface area contributed by atoms with Crippen molar-refractivity contribution in [2.24, 2.45) is 0 Å². The van der Waals surface area contributed by atoms with E-state index in [9.17, 15) is 0 Å². The van der Waals surface area contributed by atoms with Gasteiger partial charge in [0.05, 0.1) is 6.54 Å². The summed E-state index contributed by atoms with van der Waals surface area (Å²) in [5, 5.41) is 12.9. The minimum atomic E-state index is -0.0629. The zero-order chi connectivity index (χ0) is 14.8. The van der Waals surface area contributed by atoms with Gasteiger partial charge in [0, 0.05) is 19.6 Å². The Balaban J connectivity index is 1.67. The Morgan fingerprint density at radius 2 is 2.14 bits per heavy atom. The molecule has 2 aromatic rings. The van der Waals surface area contributed by atoms with E-state index in [2.05, 4.69) is 27.0 Å². The highest BCUT2D eigenvalue weighted by Crippen LogP contribution is 2.24. The molecule has 1 atom stereocenters. The van der Waals surface area contributed by atoms with Crippen molar-refractivity contribution in [3.05, 3.63) is 35.4 Å².